The van der Waals surface area contributed by atoms with Crippen LogP contribution in [0.2, 0.25) is 0 Å². The zero-order valence-electron chi connectivity index (χ0n) is 16.0. The largest absolute Gasteiger partial charge is 0.135 e. The van der Waals surface area contributed by atoms with Gasteiger partial charge in [0.1, 0.15) is 0 Å². The molecule has 138 valence electrons. The highest BCUT2D eigenvalue weighted by Crippen LogP contribution is 2.40. The van der Waals surface area contributed by atoms with Gasteiger partial charge in [0.2, 0.25) is 0 Å². The lowest BCUT2D eigenvalue weighted by Gasteiger charge is -2.14. The summed E-state index contributed by atoms with van der Waals surface area (Å²) in [4.78, 5) is 0. The van der Waals surface area contributed by atoms with Crippen LogP contribution in [0.4, 0.5) is 0 Å². The minimum absolute atomic E-state index is 0.503. The van der Waals surface area contributed by atoms with Gasteiger partial charge in [-0.2, -0.15) is 0 Å². The van der Waals surface area contributed by atoms with Gasteiger partial charge in [-0.1, -0.05) is 85.0 Å². The molecule has 0 nitrogen and oxygen atoms in total. The monoisotopic (exact) mass is 388 g/mol. The molecule has 0 saturated carbocycles. The van der Waals surface area contributed by atoms with Gasteiger partial charge in [0.05, 0.1) is 0 Å². The van der Waals surface area contributed by atoms with Crippen molar-refractivity contribution in [3.8, 4) is 11.1 Å². The van der Waals surface area contributed by atoms with E-state index in [0.717, 1.165) is 6.42 Å². The lowest BCUT2D eigenvalue weighted by molar-refractivity contribution is 0.854. The third-order valence-corrected chi connectivity index (χ3v) is 7.15. The first-order valence-corrected chi connectivity index (χ1v) is 11.0. The second-order valence-electron chi connectivity index (χ2n) is 7.75. The average Bonchev–Trinajstić information content (AvgIpc) is 3.18. The highest BCUT2D eigenvalue weighted by molar-refractivity contribution is 7.26. The van der Waals surface area contributed by atoms with E-state index in [-0.39, 0.29) is 0 Å². The zero-order chi connectivity index (χ0) is 19.2. The average molecular weight is 389 g/mol. The van der Waals surface area contributed by atoms with Crippen molar-refractivity contribution < 1.29 is 0 Å². The first-order valence-electron chi connectivity index (χ1n) is 10.1. The predicted molar refractivity (Wildman–Crippen MR) is 128 cm³/mol. The second kappa shape index (κ2) is 6.72. The normalized spacial score (nSPS) is 16.2. The summed E-state index contributed by atoms with van der Waals surface area (Å²) in [6.07, 6.45) is 9.93. The fourth-order valence-electron chi connectivity index (χ4n) is 4.48. The van der Waals surface area contributed by atoms with E-state index >= 15 is 0 Å². The third-order valence-electron chi connectivity index (χ3n) is 6.01. The maximum atomic E-state index is 2.37. The fraction of sp³-hybridized carbons (Fsp3) is 0.0714. The molecule has 1 heteroatoms. The number of hydrogen-bond donors (Lipinski definition) is 0. The molecule has 0 spiro atoms. The molecule has 0 aliphatic heterocycles. The van der Waals surface area contributed by atoms with E-state index in [9.17, 15) is 0 Å². The molecule has 29 heavy (non-hydrogen) atoms. The summed E-state index contributed by atoms with van der Waals surface area (Å²) in [7, 11) is 0. The lowest BCUT2D eigenvalue weighted by Crippen LogP contribution is -1.95. The molecular weight excluding hydrogens is 368 g/mol. The van der Waals surface area contributed by atoms with Gasteiger partial charge in [-0.15, -0.1) is 11.3 Å². The molecule has 0 saturated heterocycles. The van der Waals surface area contributed by atoms with Gasteiger partial charge in [-0.3, -0.25) is 0 Å². The van der Waals surface area contributed by atoms with Crippen LogP contribution in [0.1, 0.15) is 17.9 Å². The number of allylic oxidation sites excluding steroid dienone is 4. The van der Waals surface area contributed by atoms with Crippen LogP contribution in [0.3, 0.4) is 0 Å². The minimum Gasteiger partial charge on any atom is -0.135 e. The van der Waals surface area contributed by atoms with Crippen LogP contribution in [0.25, 0.3) is 42.1 Å². The highest BCUT2D eigenvalue weighted by Gasteiger charge is 2.11. The first kappa shape index (κ1) is 16.8. The maximum absolute atomic E-state index is 2.37. The summed E-state index contributed by atoms with van der Waals surface area (Å²) < 4.78 is 2.72. The highest BCUT2D eigenvalue weighted by atomic mass is 32.1. The summed E-state index contributed by atoms with van der Waals surface area (Å²) in [6.45, 7) is 0. The van der Waals surface area contributed by atoms with Crippen LogP contribution in [0.15, 0.2) is 103 Å². The van der Waals surface area contributed by atoms with Crippen molar-refractivity contribution >= 4 is 42.3 Å². The summed E-state index contributed by atoms with van der Waals surface area (Å²) in [6, 6.07) is 29.3. The van der Waals surface area contributed by atoms with Crippen molar-refractivity contribution in [1.82, 2.24) is 0 Å². The molecule has 4 aromatic carbocycles. The quantitative estimate of drug-likeness (QED) is 0.284. The maximum Gasteiger partial charge on any atom is 0.0361 e. The molecule has 1 aliphatic carbocycles. The van der Waals surface area contributed by atoms with Gasteiger partial charge >= 0.3 is 0 Å². The van der Waals surface area contributed by atoms with Crippen molar-refractivity contribution in [2.24, 2.45) is 0 Å². The van der Waals surface area contributed by atoms with Crippen LogP contribution in [0.5, 0.6) is 0 Å². The summed E-state index contributed by atoms with van der Waals surface area (Å²) in [5, 5.41) is 5.41. The topological polar surface area (TPSA) is 0 Å². The summed E-state index contributed by atoms with van der Waals surface area (Å²) >= 11 is 1.89. The Morgan fingerprint density at radius 1 is 0.690 bits per heavy atom. The van der Waals surface area contributed by atoms with Crippen LogP contribution in [-0.2, 0) is 0 Å². The van der Waals surface area contributed by atoms with E-state index in [0.29, 0.717) is 5.92 Å². The standard InChI is InChI=1S/C28H20S/c1-2-6-19(7-3-1)20-10-12-21(13-11-20)23-15-16-26-25(18-23)28-24-9-5-4-8-22(24)14-17-27(28)29-26/h1-6,8-19H,7H2. The van der Waals surface area contributed by atoms with Crippen LogP contribution < -0.4 is 0 Å². The summed E-state index contributed by atoms with van der Waals surface area (Å²) in [5.41, 5.74) is 3.96. The molecule has 0 N–H and O–H groups in total. The molecule has 1 aliphatic rings. The summed E-state index contributed by atoms with van der Waals surface area (Å²) in [5.74, 6) is 0.503. The van der Waals surface area contributed by atoms with Crippen molar-refractivity contribution in [2.45, 2.75) is 12.3 Å². The SMILES string of the molecule is C1=CCC(c2ccc(-c3ccc4sc5ccc6ccccc6c5c4c3)cc2)C=C1. The number of benzene rings is 4. The lowest BCUT2D eigenvalue weighted by atomic mass is 9.91. The van der Waals surface area contributed by atoms with Gasteiger partial charge < -0.3 is 0 Å². The Bertz CT molecular complexity index is 1410. The number of hydrogen-bond acceptors (Lipinski definition) is 1. The van der Waals surface area contributed by atoms with Crippen LogP contribution in [0, 0.1) is 0 Å². The first-order chi connectivity index (χ1) is 14.4. The van der Waals surface area contributed by atoms with E-state index < -0.39 is 0 Å². The minimum atomic E-state index is 0.503. The third kappa shape index (κ3) is 2.82. The molecule has 0 amide bonds. The van der Waals surface area contributed by atoms with E-state index in [4.69, 9.17) is 0 Å². The number of rotatable bonds is 2. The Kier molecular flexibility index (Phi) is 3.88. The zero-order valence-corrected chi connectivity index (χ0v) is 16.8. The number of fused-ring (bicyclic) bond motifs is 5. The predicted octanol–water partition coefficient (Wildman–Crippen LogP) is 8.47. The smallest absolute Gasteiger partial charge is 0.0361 e. The molecule has 6 rings (SSSR count). The molecule has 5 aromatic rings. The Balaban J connectivity index is 1.48. The van der Waals surface area contributed by atoms with Crippen molar-refractivity contribution in [3.63, 3.8) is 0 Å². The Morgan fingerprint density at radius 2 is 1.52 bits per heavy atom. The number of thiophene rings is 1. The van der Waals surface area contributed by atoms with Gasteiger partial charge in [0.25, 0.3) is 0 Å². The van der Waals surface area contributed by atoms with Gasteiger partial charge in [-0.25, -0.2) is 0 Å². The molecule has 0 radical (unpaired) electrons. The Labute approximate surface area is 174 Å². The molecule has 1 unspecified atom stereocenters. The van der Waals surface area contributed by atoms with Gasteiger partial charge in [0, 0.05) is 26.1 Å². The van der Waals surface area contributed by atoms with Crippen molar-refractivity contribution in [1.29, 1.82) is 0 Å². The van der Waals surface area contributed by atoms with Gasteiger partial charge in [-0.05, 0) is 52.1 Å². The van der Waals surface area contributed by atoms with E-state index in [1.807, 2.05) is 11.3 Å². The second-order valence-corrected chi connectivity index (χ2v) is 8.83. The van der Waals surface area contributed by atoms with Crippen molar-refractivity contribution in [3.05, 3.63) is 109 Å². The molecule has 1 atom stereocenters. The Hall–Kier alpha value is -3.16. The molecule has 0 fully saturated rings. The van der Waals surface area contributed by atoms with Crippen molar-refractivity contribution in [2.75, 3.05) is 0 Å². The van der Waals surface area contributed by atoms with Gasteiger partial charge in [0.15, 0.2) is 0 Å². The molecule has 1 heterocycles. The molecule has 0 bridgehead atoms. The van der Waals surface area contributed by atoms with E-state index in [1.165, 1.54) is 47.6 Å². The van der Waals surface area contributed by atoms with E-state index in [1.54, 1.807) is 0 Å². The molecule has 1 aromatic heterocycles. The van der Waals surface area contributed by atoms with E-state index in [2.05, 4.69) is 103 Å². The fourth-order valence-corrected chi connectivity index (χ4v) is 5.58. The van der Waals surface area contributed by atoms with Crippen LogP contribution in [-0.4, -0.2) is 0 Å². The van der Waals surface area contributed by atoms with Crippen LogP contribution >= 0.6 is 11.3 Å². The molecular formula is C28H20S. The Morgan fingerprint density at radius 3 is 2.38 bits per heavy atom.